The van der Waals surface area contributed by atoms with Crippen LogP contribution in [0.5, 0.6) is 0 Å². The third kappa shape index (κ3) is 3.34. The molecule has 34 heavy (non-hydrogen) atoms. The molecule has 1 unspecified atom stereocenters. The fourth-order valence-electron chi connectivity index (χ4n) is 4.48. The lowest BCUT2D eigenvalue weighted by atomic mass is 9.72. The average molecular weight is 468 g/mol. The predicted octanol–water partition coefficient (Wildman–Crippen LogP) is 4.85. The van der Waals surface area contributed by atoms with Gasteiger partial charge in [-0.15, -0.1) is 0 Å². The number of pyridine rings is 1. The maximum Gasteiger partial charge on any atom is 0.434 e. The number of anilines is 1. The van der Waals surface area contributed by atoms with Crippen LogP contribution in [0.15, 0.2) is 39.6 Å². The molecular weight excluding hydrogens is 449 g/mol. The Hall–Kier alpha value is -4.07. The third-order valence-corrected chi connectivity index (χ3v) is 6.17. The predicted molar refractivity (Wildman–Crippen MR) is 114 cm³/mol. The normalized spacial score (nSPS) is 18.0. The summed E-state index contributed by atoms with van der Waals surface area (Å²) in [6, 6.07) is 5.38. The quantitative estimate of drug-likeness (QED) is 0.457. The highest BCUT2D eigenvalue weighted by Gasteiger charge is 2.43. The van der Waals surface area contributed by atoms with Crippen molar-refractivity contribution in [2.45, 2.75) is 37.8 Å². The van der Waals surface area contributed by atoms with Crippen LogP contribution in [0.2, 0.25) is 0 Å². The highest BCUT2D eigenvalue weighted by molar-refractivity contribution is 5.62. The second kappa shape index (κ2) is 7.48. The smallest absolute Gasteiger partial charge is 0.434 e. The molecule has 0 saturated carbocycles. The van der Waals surface area contributed by atoms with Crippen molar-refractivity contribution in [1.82, 2.24) is 19.5 Å². The summed E-state index contributed by atoms with van der Waals surface area (Å²) in [7, 11) is 1.48. The monoisotopic (exact) mass is 468 g/mol. The van der Waals surface area contributed by atoms with E-state index in [-0.39, 0.29) is 17.4 Å². The summed E-state index contributed by atoms with van der Waals surface area (Å²) >= 11 is 0. The number of aryl methyl sites for hydroxylation is 2. The van der Waals surface area contributed by atoms with Gasteiger partial charge in [0.15, 0.2) is 17.3 Å². The van der Waals surface area contributed by atoms with Crippen LogP contribution in [0.1, 0.15) is 48.2 Å². The number of rotatable bonds is 3. The van der Waals surface area contributed by atoms with Crippen molar-refractivity contribution in [3.8, 4) is 28.9 Å². The lowest BCUT2D eigenvalue weighted by molar-refractivity contribution is -0.140. The van der Waals surface area contributed by atoms with Gasteiger partial charge in [0.2, 0.25) is 11.8 Å². The third-order valence-electron chi connectivity index (χ3n) is 6.17. The molecule has 0 saturated heterocycles. The lowest BCUT2D eigenvalue weighted by Gasteiger charge is -2.30. The molecule has 4 aromatic rings. The van der Waals surface area contributed by atoms with Crippen molar-refractivity contribution in [3.63, 3.8) is 0 Å². The second-order valence-corrected chi connectivity index (χ2v) is 8.46. The second-order valence-electron chi connectivity index (χ2n) is 8.46. The van der Waals surface area contributed by atoms with Gasteiger partial charge in [-0.3, -0.25) is 4.98 Å². The number of halogens is 3. The number of nitriles is 1. The number of hydrogen-bond acceptors (Lipinski definition) is 7. The Balaban J connectivity index is 1.47. The van der Waals surface area contributed by atoms with Crippen molar-refractivity contribution in [3.05, 3.63) is 59.2 Å². The van der Waals surface area contributed by atoms with Crippen molar-refractivity contribution >= 4 is 5.88 Å². The van der Waals surface area contributed by atoms with Crippen LogP contribution in [-0.4, -0.2) is 19.5 Å². The molecule has 0 aliphatic heterocycles. The first kappa shape index (κ1) is 21.8. The molecule has 11 heteroatoms. The Bertz CT molecular complexity index is 1420. The van der Waals surface area contributed by atoms with Gasteiger partial charge in [0.1, 0.15) is 23.1 Å². The number of fused-ring (bicyclic) bond motifs is 1. The molecule has 1 aliphatic rings. The Kier molecular flexibility index (Phi) is 4.79. The van der Waals surface area contributed by atoms with Crippen molar-refractivity contribution in [2.75, 3.05) is 5.73 Å². The Morgan fingerprint density at radius 1 is 1.21 bits per heavy atom. The molecule has 8 nitrogen and oxygen atoms in total. The van der Waals surface area contributed by atoms with Gasteiger partial charge in [0, 0.05) is 37.0 Å². The highest BCUT2D eigenvalue weighted by atomic mass is 19.4. The Morgan fingerprint density at radius 3 is 2.65 bits per heavy atom. The van der Waals surface area contributed by atoms with Crippen LogP contribution >= 0.6 is 0 Å². The largest absolute Gasteiger partial charge is 0.444 e. The number of alkyl halides is 3. The van der Waals surface area contributed by atoms with E-state index in [9.17, 15) is 18.4 Å². The first-order valence-electron chi connectivity index (χ1n) is 10.5. The fourth-order valence-corrected chi connectivity index (χ4v) is 4.48. The number of furan rings is 1. The molecular formula is C23H19F3N6O2. The van der Waals surface area contributed by atoms with Gasteiger partial charge >= 0.3 is 6.18 Å². The molecule has 0 fully saturated rings. The summed E-state index contributed by atoms with van der Waals surface area (Å²) in [5, 5.41) is 9.59. The highest BCUT2D eigenvalue weighted by Crippen LogP contribution is 2.46. The molecule has 1 aliphatic carbocycles. The summed E-state index contributed by atoms with van der Waals surface area (Å²) in [6.45, 7) is 1.94. The molecule has 4 aromatic heterocycles. The van der Waals surface area contributed by atoms with Gasteiger partial charge in [0.25, 0.3) is 0 Å². The van der Waals surface area contributed by atoms with Crippen LogP contribution < -0.4 is 5.73 Å². The van der Waals surface area contributed by atoms with E-state index >= 15 is 0 Å². The summed E-state index contributed by atoms with van der Waals surface area (Å²) in [5.41, 5.74) is 6.13. The van der Waals surface area contributed by atoms with E-state index in [1.165, 1.54) is 17.8 Å². The molecule has 174 valence electrons. The Labute approximate surface area is 191 Å². The maximum absolute atomic E-state index is 13.0. The maximum atomic E-state index is 13.0. The molecule has 2 N–H and O–H groups in total. The molecule has 5 rings (SSSR count). The molecule has 0 aromatic carbocycles. The van der Waals surface area contributed by atoms with Gasteiger partial charge in [-0.2, -0.15) is 18.4 Å². The van der Waals surface area contributed by atoms with E-state index < -0.39 is 17.3 Å². The zero-order chi connectivity index (χ0) is 24.3. The van der Waals surface area contributed by atoms with E-state index in [0.717, 1.165) is 12.6 Å². The lowest BCUT2D eigenvalue weighted by Crippen LogP contribution is -2.29. The number of oxazole rings is 1. The van der Waals surface area contributed by atoms with Crippen molar-refractivity contribution in [1.29, 1.82) is 5.26 Å². The number of nitrogens with two attached hydrogens (primary N) is 1. The molecule has 1 atom stereocenters. The van der Waals surface area contributed by atoms with Gasteiger partial charge in [0.05, 0.1) is 11.6 Å². The van der Waals surface area contributed by atoms with Gasteiger partial charge in [-0.05, 0) is 31.9 Å². The summed E-state index contributed by atoms with van der Waals surface area (Å²) < 4.78 is 51.9. The first-order valence-corrected chi connectivity index (χ1v) is 10.5. The minimum Gasteiger partial charge on any atom is -0.444 e. The van der Waals surface area contributed by atoms with Crippen LogP contribution in [-0.2, 0) is 25.1 Å². The van der Waals surface area contributed by atoms with E-state index in [1.807, 2.05) is 6.92 Å². The van der Waals surface area contributed by atoms with E-state index in [0.29, 0.717) is 46.9 Å². The zero-order valence-corrected chi connectivity index (χ0v) is 18.3. The van der Waals surface area contributed by atoms with Crippen molar-refractivity contribution in [2.24, 2.45) is 7.05 Å². The molecule has 0 amide bonds. The molecule has 0 spiro atoms. The summed E-state index contributed by atoms with van der Waals surface area (Å²) in [4.78, 5) is 12.4. The summed E-state index contributed by atoms with van der Waals surface area (Å²) in [5.74, 6) is 1.72. The standard InChI is InChI=1S/C23H19F3N6O2/c1-22(7-3-4-15-18(22)13(8-27)19(28)33-15)21-30-10-16(34-21)12-5-6-14(29-9-12)20-31-17(11-32(20)2)23(24,25)26/h5-6,9-11H,3-4,7,28H2,1-2H3. The van der Waals surface area contributed by atoms with Crippen LogP contribution in [0.4, 0.5) is 19.1 Å². The number of nitrogen functional groups attached to an aromatic ring is 1. The number of aromatic nitrogens is 4. The number of hydrogen-bond donors (Lipinski definition) is 1. The van der Waals surface area contributed by atoms with Gasteiger partial charge < -0.3 is 19.1 Å². The van der Waals surface area contributed by atoms with Gasteiger partial charge in [-0.1, -0.05) is 0 Å². The topological polar surface area (TPSA) is 120 Å². The van der Waals surface area contributed by atoms with Crippen molar-refractivity contribution < 1.29 is 22.0 Å². The molecule has 4 heterocycles. The first-order chi connectivity index (χ1) is 16.1. The fraction of sp³-hybridized carbons (Fsp3) is 0.304. The van der Waals surface area contributed by atoms with E-state index in [1.54, 1.807) is 18.3 Å². The van der Waals surface area contributed by atoms with Crippen LogP contribution in [0.25, 0.3) is 22.8 Å². The average Bonchev–Trinajstić information content (AvgIpc) is 3.51. The minimum absolute atomic E-state index is 0.0927. The number of nitrogens with zero attached hydrogens (tertiary/aromatic N) is 5. The summed E-state index contributed by atoms with van der Waals surface area (Å²) in [6.07, 6.45) is 1.64. The van der Waals surface area contributed by atoms with Crippen LogP contribution in [0.3, 0.4) is 0 Å². The molecule has 0 bridgehead atoms. The Morgan fingerprint density at radius 2 is 2.00 bits per heavy atom. The SMILES string of the molecule is Cn1cc(C(F)(F)F)nc1-c1ccc(-c2cnc(C3(C)CCCc4oc(N)c(C#N)c43)o2)cn1. The van der Waals surface area contributed by atoms with Crippen LogP contribution in [0, 0.1) is 11.3 Å². The van der Waals surface area contributed by atoms with E-state index in [2.05, 4.69) is 21.0 Å². The van der Waals surface area contributed by atoms with E-state index in [4.69, 9.17) is 14.6 Å². The zero-order valence-electron chi connectivity index (χ0n) is 18.3. The minimum atomic E-state index is -4.54. The molecule has 0 radical (unpaired) electrons. The van der Waals surface area contributed by atoms with Gasteiger partial charge in [-0.25, -0.2) is 9.97 Å². The number of imidazole rings is 1.